The molecule has 0 heterocycles. The van der Waals surface area contributed by atoms with Crippen LogP contribution < -0.4 is 4.74 Å². The highest BCUT2D eigenvalue weighted by Gasteiger charge is 2.34. The lowest BCUT2D eigenvalue weighted by atomic mass is 9.97. The molecule has 9 heteroatoms. The number of rotatable bonds is 2. The Hall–Kier alpha value is -3.15. The first kappa shape index (κ1) is 20.2. The standard InChI is InChI=1S/C18H10F6O3/c1-26-16(25)9-3-11-2-8-14(15(10-11)17(19,20)21)12-4-6-13(7-5-12)27-18(22,23)24/h2,4-8,10H,1H3. The van der Waals surface area contributed by atoms with Crippen LogP contribution in [0.25, 0.3) is 11.1 Å². The third kappa shape index (κ3) is 5.67. The van der Waals surface area contributed by atoms with E-state index in [1.807, 2.05) is 5.92 Å². The first-order chi connectivity index (χ1) is 12.5. The lowest BCUT2D eigenvalue weighted by Gasteiger charge is -2.14. The molecular weight excluding hydrogens is 378 g/mol. The highest BCUT2D eigenvalue weighted by Crippen LogP contribution is 2.38. The van der Waals surface area contributed by atoms with Gasteiger partial charge in [0.25, 0.3) is 0 Å². The van der Waals surface area contributed by atoms with Gasteiger partial charge in [0.15, 0.2) is 0 Å². The van der Waals surface area contributed by atoms with Crippen LogP contribution in [0, 0.1) is 11.8 Å². The number of esters is 1. The third-order valence-corrected chi connectivity index (χ3v) is 3.22. The minimum atomic E-state index is -4.90. The topological polar surface area (TPSA) is 35.5 Å². The second kappa shape index (κ2) is 7.61. The summed E-state index contributed by atoms with van der Waals surface area (Å²) in [5.74, 6) is 2.80. The van der Waals surface area contributed by atoms with Crippen molar-refractivity contribution in [1.29, 1.82) is 0 Å². The lowest BCUT2D eigenvalue weighted by Crippen LogP contribution is -2.17. The maximum absolute atomic E-state index is 13.4. The summed E-state index contributed by atoms with van der Waals surface area (Å²) in [5, 5.41) is 0. The van der Waals surface area contributed by atoms with E-state index in [0.29, 0.717) is 0 Å². The molecule has 0 aromatic heterocycles. The van der Waals surface area contributed by atoms with Gasteiger partial charge in [-0.05, 0) is 35.4 Å². The molecule has 0 amide bonds. The molecule has 0 radical (unpaired) electrons. The fourth-order valence-electron chi connectivity index (χ4n) is 2.12. The molecule has 0 atom stereocenters. The fourth-order valence-corrected chi connectivity index (χ4v) is 2.12. The van der Waals surface area contributed by atoms with E-state index in [0.717, 1.165) is 43.5 Å². The number of halogens is 6. The van der Waals surface area contributed by atoms with Gasteiger partial charge in [-0.25, -0.2) is 4.79 Å². The van der Waals surface area contributed by atoms with Gasteiger partial charge < -0.3 is 9.47 Å². The Labute approximate surface area is 149 Å². The minimum absolute atomic E-state index is 0.0318. The molecule has 0 spiro atoms. The Morgan fingerprint density at radius 2 is 1.59 bits per heavy atom. The summed E-state index contributed by atoms with van der Waals surface area (Å²) >= 11 is 0. The molecular formula is C18H10F6O3. The second-order valence-electron chi connectivity index (χ2n) is 5.07. The summed E-state index contributed by atoms with van der Waals surface area (Å²) in [5.41, 5.74) is -1.36. The largest absolute Gasteiger partial charge is 0.573 e. The molecule has 2 rings (SSSR count). The van der Waals surface area contributed by atoms with Gasteiger partial charge in [0, 0.05) is 11.5 Å². The quantitative estimate of drug-likeness (QED) is 0.421. The number of hydrogen-bond acceptors (Lipinski definition) is 3. The molecule has 2 aromatic carbocycles. The average Bonchev–Trinajstić information content (AvgIpc) is 2.58. The second-order valence-corrected chi connectivity index (χ2v) is 5.07. The molecule has 142 valence electrons. The normalized spacial score (nSPS) is 11.4. The predicted molar refractivity (Wildman–Crippen MR) is 82.5 cm³/mol. The van der Waals surface area contributed by atoms with Gasteiger partial charge in [-0.15, -0.1) is 13.2 Å². The van der Waals surface area contributed by atoms with Gasteiger partial charge in [0.2, 0.25) is 0 Å². The van der Waals surface area contributed by atoms with Crippen molar-refractivity contribution in [3.8, 4) is 28.7 Å². The molecule has 0 aliphatic rings. The number of carbonyl (C=O) groups excluding carboxylic acids is 1. The number of alkyl halides is 6. The van der Waals surface area contributed by atoms with Crippen molar-refractivity contribution in [1.82, 2.24) is 0 Å². The monoisotopic (exact) mass is 388 g/mol. The minimum Gasteiger partial charge on any atom is -0.459 e. The highest BCUT2D eigenvalue weighted by molar-refractivity contribution is 5.89. The predicted octanol–water partition coefficient (Wildman–Crippen LogP) is 4.80. The van der Waals surface area contributed by atoms with Gasteiger partial charge in [-0.2, -0.15) is 13.2 Å². The zero-order chi connectivity index (χ0) is 20.2. The van der Waals surface area contributed by atoms with E-state index in [2.05, 4.69) is 15.4 Å². The number of hydrogen-bond donors (Lipinski definition) is 0. The Morgan fingerprint density at radius 3 is 2.11 bits per heavy atom. The van der Waals surface area contributed by atoms with Crippen LogP contribution in [0.1, 0.15) is 11.1 Å². The smallest absolute Gasteiger partial charge is 0.459 e. The molecule has 0 bridgehead atoms. The summed E-state index contributed by atoms with van der Waals surface area (Å²) in [6.07, 6.45) is -9.65. The summed E-state index contributed by atoms with van der Waals surface area (Å²) in [6, 6.07) is 7.08. The van der Waals surface area contributed by atoms with Crippen molar-refractivity contribution in [2.75, 3.05) is 7.11 Å². The van der Waals surface area contributed by atoms with E-state index in [-0.39, 0.29) is 16.7 Å². The molecule has 0 fully saturated rings. The van der Waals surface area contributed by atoms with E-state index < -0.39 is 29.8 Å². The van der Waals surface area contributed by atoms with Crippen molar-refractivity contribution in [3.05, 3.63) is 53.6 Å². The molecule has 0 aliphatic heterocycles. The van der Waals surface area contributed by atoms with Crippen LogP contribution in [0.4, 0.5) is 26.3 Å². The SMILES string of the molecule is COC(=O)C#Cc1ccc(-c2ccc(OC(F)(F)F)cc2)c(C(F)(F)F)c1. The molecule has 27 heavy (non-hydrogen) atoms. The molecule has 0 saturated carbocycles. The van der Waals surface area contributed by atoms with E-state index in [9.17, 15) is 31.1 Å². The summed E-state index contributed by atoms with van der Waals surface area (Å²) in [7, 11) is 1.08. The number of ether oxygens (including phenoxy) is 2. The van der Waals surface area contributed by atoms with Crippen molar-refractivity contribution in [3.63, 3.8) is 0 Å². The van der Waals surface area contributed by atoms with Gasteiger partial charge >= 0.3 is 18.5 Å². The lowest BCUT2D eigenvalue weighted by molar-refractivity contribution is -0.274. The summed E-state index contributed by atoms with van der Waals surface area (Å²) < 4.78 is 84.6. The highest BCUT2D eigenvalue weighted by atomic mass is 19.4. The molecule has 0 unspecified atom stereocenters. The summed E-state index contributed by atoms with van der Waals surface area (Å²) in [4.78, 5) is 11.0. The zero-order valence-electron chi connectivity index (χ0n) is 13.5. The maximum atomic E-state index is 13.4. The van der Waals surface area contributed by atoms with Crippen molar-refractivity contribution in [2.24, 2.45) is 0 Å². The zero-order valence-corrected chi connectivity index (χ0v) is 13.5. The molecule has 0 saturated heterocycles. The molecule has 2 aromatic rings. The first-order valence-electron chi connectivity index (χ1n) is 7.17. The summed E-state index contributed by atoms with van der Waals surface area (Å²) in [6.45, 7) is 0. The van der Waals surface area contributed by atoms with Gasteiger partial charge in [-0.3, -0.25) is 0 Å². The average molecular weight is 388 g/mol. The Bertz CT molecular complexity index is 887. The van der Waals surface area contributed by atoms with Crippen LogP contribution in [0.5, 0.6) is 5.75 Å². The molecule has 3 nitrogen and oxygen atoms in total. The number of benzene rings is 2. The maximum Gasteiger partial charge on any atom is 0.573 e. The van der Waals surface area contributed by atoms with Crippen LogP contribution in [0.2, 0.25) is 0 Å². The number of carbonyl (C=O) groups is 1. The van der Waals surface area contributed by atoms with Gasteiger partial charge in [-0.1, -0.05) is 24.1 Å². The van der Waals surface area contributed by atoms with Crippen molar-refractivity contribution >= 4 is 5.97 Å². The van der Waals surface area contributed by atoms with E-state index in [1.165, 1.54) is 6.07 Å². The third-order valence-electron chi connectivity index (χ3n) is 3.22. The number of methoxy groups -OCH3 is 1. The Balaban J connectivity index is 2.44. The van der Waals surface area contributed by atoms with Gasteiger partial charge in [0.1, 0.15) is 5.75 Å². The van der Waals surface area contributed by atoms with Crippen LogP contribution in [0.3, 0.4) is 0 Å². The van der Waals surface area contributed by atoms with Crippen LogP contribution in [-0.2, 0) is 15.7 Å². The van der Waals surface area contributed by atoms with Crippen LogP contribution in [0.15, 0.2) is 42.5 Å². The van der Waals surface area contributed by atoms with Crippen LogP contribution in [-0.4, -0.2) is 19.4 Å². The van der Waals surface area contributed by atoms with Gasteiger partial charge in [0.05, 0.1) is 12.7 Å². The molecule has 0 N–H and O–H groups in total. The fraction of sp³-hybridized carbons (Fsp3) is 0.167. The van der Waals surface area contributed by atoms with E-state index in [1.54, 1.807) is 0 Å². The Kier molecular flexibility index (Phi) is 5.69. The van der Waals surface area contributed by atoms with Crippen molar-refractivity contribution in [2.45, 2.75) is 12.5 Å². The Morgan fingerprint density at radius 1 is 0.963 bits per heavy atom. The first-order valence-corrected chi connectivity index (χ1v) is 7.17. The van der Waals surface area contributed by atoms with E-state index in [4.69, 9.17) is 0 Å². The van der Waals surface area contributed by atoms with Crippen LogP contribution >= 0.6 is 0 Å². The molecule has 0 aliphatic carbocycles. The van der Waals surface area contributed by atoms with E-state index >= 15 is 0 Å². The van der Waals surface area contributed by atoms with Crippen molar-refractivity contribution < 1.29 is 40.6 Å².